The summed E-state index contributed by atoms with van der Waals surface area (Å²) in [5, 5.41) is 4.42. The fourth-order valence-electron chi connectivity index (χ4n) is 3.00. The third-order valence-corrected chi connectivity index (χ3v) is 4.30. The van der Waals surface area contributed by atoms with Crippen LogP contribution >= 0.6 is 11.6 Å². The number of nitrogens with one attached hydrogen (secondary N) is 1. The van der Waals surface area contributed by atoms with Gasteiger partial charge in [0.25, 0.3) is 0 Å². The second-order valence-electron chi connectivity index (χ2n) is 5.48. The molecule has 1 heterocycles. The van der Waals surface area contributed by atoms with Crippen LogP contribution in [0.5, 0.6) is 0 Å². The fraction of sp³-hybridized carbons (Fsp3) is 0.333. The number of ether oxygens (including phenoxy) is 1. The molecule has 3 nitrogen and oxygen atoms in total. The van der Waals surface area contributed by atoms with Crippen LogP contribution in [0.25, 0.3) is 0 Å². The van der Waals surface area contributed by atoms with Crippen LogP contribution in [0.3, 0.4) is 0 Å². The van der Waals surface area contributed by atoms with Gasteiger partial charge in [-0.1, -0.05) is 41.9 Å². The van der Waals surface area contributed by atoms with Crippen LogP contribution in [-0.4, -0.2) is 33.4 Å². The number of hydrogen-bond donors (Lipinski definition) is 1. The van der Waals surface area contributed by atoms with E-state index in [1.165, 1.54) is 16.8 Å². The van der Waals surface area contributed by atoms with Crippen LogP contribution in [0.4, 0.5) is 5.69 Å². The smallest absolute Gasteiger partial charge is 0.0637 e. The first-order valence-electron chi connectivity index (χ1n) is 7.61. The van der Waals surface area contributed by atoms with Gasteiger partial charge < -0.3 is 15.0 Å². The Bertz CT molecular complexity index is 618. The fourth-order valence-corrected chi connectivity index (χ4v) is 3.18. The van der Waals surface area contributed by atoms with Crippen molar-refractivity contribution >= 4 is 17.3 Å². The average molecular weight is 317 g/mol. The highest BCUT2D eigenvalue weighted by Gasteiger charge is 2.23. The Hall–Kier alpha value is -1.55. The largest absolute Gasteiger partial charge is 0.383 e. The molecule has 2 aromatic rings. The lowest BCUT2D eigenvalue weighted by atomic mass is 9.97. The molecule has 1 N–H and O–H groups in total. The number of benzene rings is 2. The first-order valence-corrected chi connectivity index (χ1v) is 7.99. The molecular formula is C18H21ClN2O. The maximum absolute atomic E-state index is 6.26. The molecule has 3 rings (SSSR count). The molecule has 0 radical (unpaired) electrons. The molecule has 22 heavy (non-hydrogen) atoms. The lowest BCUT2D eigenvalue weighted by Crippen LogP contribution is -2.32. The van der Waals surface area contributed by atoms with E-state index in [1.807, 2.05) is 12.1 Å². The van der Waals surface area contributed by atoms with E-state index in [-0.39, 0.29) is 6.04 Å². The maximum Gasteiger partial charge on any atom is 0.0637 e. The molecule has 1 unspecified atom stereocenters. The van der Waals surface area contributed by atoms with Crippen LogP contribution in [0, 0.1) is 0 Å². The minimum atomic E-state index is 0.169. The second-order valence-corrected chi connectivity index (χ2v) is 5.92. The Morgan fingerprint density at radius 1 is 1.23 bits per heavy atom. The lowest BCUT2D eigenvalue weighted by molar-refractivity contribution is 0.205. The van der Waals surface area contributed by atoms with E-state index in [4.69, 9.17) is 16.3 Å². The molecule has 0 amide bonds. The molecule has 0 saturated heterocycles. The van der Waals surface area contributed by atoms with Gasteiger partial charge in [0.2, 0.25) is 0 Å². The van der Waals surface area contributed by atoms with E-state index >= 15 is 0 Å². The molecule has 0 bridgehead atoms. The molecule has 0 saturated carbocycles. The van der Waals surface area contributed by atoms with Crippen LogP contribution in [-0.2, 0) is 4.74 Å². The monoisotopic (exact) mass is 316 g/mol. The predicted molar refractivity (Wildman–Crippen MR) is 91.8 cm³/mol. The highest BCUT2D eigenvalue weighted by Crippen LogP contribution is 2.34. The average Bonchev–Trinajstić information content (AvgIpc) is 2.73. The number of fused-ring (bicyclic) bond motifs is 1. The molecule has 0 aliphatic carbocycles. The van der Waals surface area contributed by atoms with Crippen LogP contribution in [0.2, 0.25) is 5.02 Å². The first kappa shape index (κ1) is 15.3. The summed E-state index contributed by atoms with van der Waals surface area (Å²) in [4.78, 5) is 2.37. The minimum Gasteiger partial charge on any atom is -0.383 e. The maximum atomic E-state index is 6.26. The Labute approximate surface area is 136 Å². The normalized spacial score (nSPS) is 17.9. The van der Waals surface area contributed by atoms with Crippen molar-refractivity contribution in [2.24, 2.45) is 0 Å². The van der Waals surface area contributed by atoms with Gasteiger partial charge in [0.05, 0.1) is 12.6 Å². The Balaban J connectivity index is 2.01. The molecule has 116 valence electrons. The van der Waals surface area contributed by atoms with Crippen molar-refractivity contribution in [1.29, 1.82) is 0 Å². The van der Waals surface area contributed by atoms with E-state index in [1.54, 1.807) is 7.11 Å². The van der Waals surface area contributed by atoms with Crippen molar-refractivity contribution < 1.29 is 4.74 Å². The van der Waals surface area contributed by atoms with Gasteiger partial charge >= 0.3 is 0 Å². The van der Waals surface area contributed by atoms with Crippen molar-refractivity contribution in [3.8, 4) is 0 Å². The van der Waals surface area contributed by atoms with E-state index in [0.29, 0.717) is 0 Å². The van der Waals surface area contributed by atoms with Gasteiger partial charge in [0.15, 0.2) is 0 Å². The van der Waals surface area contributed by atoms with Gasteiger partial charge in [0, 0.05) is 37.5 Å². The van der Waals surface area contributed by atoms with Gasteiger partial charge in [-0.25, -0.2) is 0 Å². The van der Waals surface area contributed by atoms with Crippen molar-refractivity contribution in [3.63, 3.8) is 0 Å². The van der Waals surface area contributed by atoms with Crippen LogP contribution in [0.15, 0.2) is 48.5 Å². The SMILES string of the molecule is COCCN1CCNC(c2ccccc2)c2cc(Cl)ccc21. The molecule has 4 heteroatoms. The van der Waals surface area contributed by atoms with E-state index in [2.05, 4.69) is 46.6 Å². The molecule has 1 aliphatic rings. The first-order chi connectivity index (χ1) is 10.8. The third-order valence-electron chi connectivity index (χ3n) is 4.07. The summed E-state index contributed by atoms with van der Waals surface area (Å²) in [6.07, 6.45) is 0. The highest BCUT2D eigenvalue weighted by molar-refractivity contribution is 6.30. The highest BCUT2D eigenvalue weighted by atomic mass is 35.5. The number of hydrogen-bond acceptors (Lipinski definition) is 3. The molecule has 1 aliphatic heterocycles. The number of methoxy groups -OCH3 is 1. The predicted octanol–water partition coefficient (Wildman–Crippen LogP) is 3.49. The standard InChI is InChI=1S/C18H21ClN2O/c1-22-12-11-21-10-9-20-18(14-5-3-2-4-6-14)16-13-15(19)7-8-17(16)21/h2-8,13,18,20H,9-12H2,1H3. The summed E-state index contributed by atoms with van der Waals surface area (Å²) in [6.45, 7) is 3.49. The van der Waals surface area contributed by atoms with Gasteiger partial charge in [-0.3, -0.25) is 0 Å². The van der Waals surface area contributed by atoms with Crippen molar-refractivity contribution in [2.45, 2.75) is 6.04 Å². The molecule has 0 aromatic heterocycles. The summed E-state index contributed by atoms with van der Waals surface area (Å²) in [5.74, 6) is 0. The third kappa shape index (κ3) is 3.27. The van der Waals surface area contributed by atoms with Crippen LogP contribution in [0.1, 0.15) is 17.2 Å². The zero-order valence-electron chi connectivity index (χ0n) is 12.8. The summed E-state index contributed by atoms with van der Waals surface area (Å²) in [6, 6.07) is 16.9. The van der Waals surface area contributed by atoms with E-state index in [0.717, 1.165) is 31.3 Å². The lowest BCUT2D eigenvalue weighted by Gasteiger charge is -2.25. The Morgan fingerprint density at radius 3 is 2.82 bits per heavy atom. The van der Waals surface area contributed by atoms with E-state index in [9.17, 15) is 0 Å². The zero-order valence-corrected chi connectivity index (χ0v) is 13.5. The van der Waals surface area contributed by atoms with Crippen LogP contribution < -0.4 is 10.2 Å². The summed E-state index contributed by atoms with van der Waals surface area (Å²) in [7, 11) is 1.74. The molecule has 2 aromatic carbocycles. The Morgan fingerprint density at radius 2 is 2.05 bits per heavy atom. The summed E-state index contributed by atoms with van der Waals surface area (Å²) >= 11 is 6.26. The summed E-state index contributed by atoms with van der Waals surface area (Å²) in [5.41, 5.74) is 3.73. The molecule has 0 fully saturated rings. The van der Waals surface area contributed by atoms with Gasteiger partial charge in [-0.05, 0) is 29.3 Å². The van der Waals surface area contributed by atoms with Crippen molar-refractivity contribution in [2.75, 3.05) is 38.3 Å². The van der Waals surface area contributed by atoms with Gasteiger partial charge in [-0.15, -0.1) is 0 Å². The van der Waals surface area contributed by atoms with Gasteiger partial charge in [-0.2, -0.15) is 0 Å². The van der Waals surface area contributed by atoms with Crippen molar-refractivity contribution in [3.05, 3.63) is 64.7 Å². The Kier molecular flexibility index (Phi) is 4.98. The summed E-state index contributed by atoms with van der Waals surface area (Å²) < 4.78 is 5.25. The number of rotatable bonds is 4. The molecular weight excluding hydrogens is 296 g/mol. The zero-order chi connectivity index (χ0) is 15.4. The number of halogens is 1. The quantitative estimate of drug-likeness (QED) is 0.934. The molecule has 1 atom stereocenters. The minimum absolute atomic E-state index is 0.169. The van der Waals surface area contributed by atoms with Crippen molar-refractivity contribution in [1.82, 2.24) is 5.32 Å². The number of nitrogens with zero attached hydrogens (tertiary/aromatic N) is 1. The second kappa shape index (κ2) is 7.14. The topological polar surface area (TPSA) is 24.5 Å². The van der Waals surface area contributed by atoms with Gasteiger partial charge in [0.1, 0.15) is 0 Å². The number of anilines is 1. The van der Waals surface area contributed by atoms with E-state index < -0.39 is 0 Å². The molecule has 0 spiro atoms.